The van der Waals surface area contributed by atoms with Gasteiger partial charge in [-0.3, -0.25) is 9.69 Å². The summed E-state index contributed by atoms with van der Waals surface area (Å²) in [5.41, 5.74) is 0.453. The molecule has 0 bridgehead atoms. The molecule has 1 fully saturated rings. The maximum absolute atomic E-state index is 12.5. The Bertz CT molecular complexity index is 628. The zero-order valence-electron chi connectivity index (χ0n) is 14.2. The summed E-state index contributed by atoms with van der Waals surface area (Å²) >= 11 is 0. The number of nitrogens with zero attached hydrogens (tertiary/aromatic N) is 2. The molecule has 23 heavy (non-hydrogen) atoms. The monoisotopic (exact) mass is 338 g/mol. The standard InChI is InChI=1S/C17H26N2O3S/c1-17(2,3)16(20)13-18-9-11-19(12-10-18)23(21,22)14-15-7-5-4-6-8-15/h4-8H,9-14H2,1-3H3. The van der Waals surface area contributed by atoms with Crippen molar-refractivity contribution in [1.82, 2.24) is 9.21 Å². The fourth-order valence-electron chi connectivity index (χ4n) is 2.48. The van der Waals surface area contributed by atoms with Crippen LogP contribution in [0.1, 0.15) is 26.3 Å². The van der Waals surface area contributed by atoms with Gasteiger partial charge in [0.05, 0.1) is 12.3 Å². The topological polar surface area (TPSA) is 57.7 Å². The quantitative estimate of drug-likeness (QED) is 0.821. The summed E-state index contributed by atoms with van der Waals surface area (Å²) in [7, 11) is -3.29. The summed E-state index contributed by atoms with van der Waals surface area (Å²) in [6, 6.07) is 9.23. The Labute approximate surface area is 139 Å². The van der Waals surface area contributed by atoms with E-state index in [-0.39, 0.29) is 17.0 Å². The van der Waals surface area contributed by atoms with Crippen molar-refractivity contribution in [1.29, 1.82) is 0 Å². The molecular formula is C17H26N2O3S. The number of benzene rings is 1. The van der Waals surface area contributed by atoms with Crippen LogP contribution in [0.25, 0.3) is 0 Å². The first-order valence-electron chi connectivity index (χ1n) is 7.96. The summed E-state index contributed by atoms with van der Waals surface area (Å²) in [6.45, 7) is 8.25. The molecule has 2 rings (SSSR count). The molecule has 0 unspecified atom stereocenters. The lowest BCUT2D eigenvalue weighted by Gasteiger charge is -2.34. The number of Topliss-reactive ketones (excluding diaryl/α,β-unsaturated/α-hetero) is 1. The highest BCUT2D eigenvalue weighted by molar-refractivity contribution is 7.88. The van der Waals surface area contributed by atoms with Crippen LogP contribution >= 0.6 is 0 Å². The van der Waals surface area contributed by atoms with Crippen LogP contribution < -0.4 is 0 Å². The number of hydrogen-bond donors (Lipinski definition) is 0. The SMILES string of the molecule is CC(C)(C)C(=O)CN1CCN(S(=O)(=O)Cc2ccccc2)CC1. The smallest absolute Gasteiger partial charge is 0.218 e. The van der Waals surface area contributed by atoms with Gasteiger partial charge in [0.15, 0.2) is 5.78 Å². The second-order valence-electron chi connectivity index (χ2n) is 7.09. The lowest BCUT2D eigenvalue weighted by Crippen LogP contribution is -2.51. The summed E-state index contributed by atoms with van der Waals surface area (Å²) < 4.78 is 26.5. The molecule has 0 saturated carbocycles. The Morgan fingerprint density at radius 3 is 2.13 bits per heavy atom. The Balaban J connectivity index is 1.90. The first-order valence-corrected chi connectivity index (χ1v) is 9.57. The zero-order valence-corrected chi connectivity index (χ0v) is 15.0. The summed E-state index contributed by atoms with van der Waals surface area (Å²) in [6.07, 6.45) is 0. The highest BCUT2D eigenvalue weighted by Gasteiger charge is 2.29. The van der Waals surface area contributed by atoms with Crippen molar-refractivity contribution >= 4 is 15.8 Å². The van der Waals surface area contributed by atoms with Crippen LogP contribution in [0.4, 0.5) is 0 Å². The zero-order chi connectivity index (χ0) is 17.1. The van der Waals surface area contributed by atoms with Gasteiger partial charge in [0.25, 0.3) is 0 Å². The molecule has 128 valence electrons. The first-order chi connectivity index (χ1) is 10.7. The van der Waals surface area contributed by atoms with Crippen LogP contribution in [0.5, 0.6) is 0 Å². The van der Waals surface area contributed by atoms with Crippen LogP contribution in [-0.4, -0.2) is 56.1 Å². The molecule has 0 aromatic heterocycles. The number of ketones is 1. The van der Waals surface area contributed by atoms with E-state index >= 15 is 0 Å². The van der Waals surface area contributed by atoms with Gasteiger partial charge in [-0.2, -0.15) is 4.31 Å². The third-order valence-corrected chi connectivity index (χ3v) is 5.97. The largest absolute Gasteiger partial charge is 0.298 e. The number of piperazine rings is 1. The highest BCUT2D eigenvalue weighted by atomic mass is 32.2. The second-order valence-corrected chi connectivity index (χ2v) is 9.06. The Morgan fingerprint density at radius 1 is 1.04 bits per heavy atom. The van der Waals surface area contributed by atoms with Crippen molar-refractivity contribution in [3.8, 4) is 0 Å². The van der Waals surface area contributed by atoms with Gasteiger partial charge in [-0.15, -0.1) is 0 Å². The molecular weight excluding hydrogens is 312 g/mol. The van der Waals surface area contributed by atoms with Crippen LogP contribution in [-0.2, 0) is 20.6 Å². The van der Waals surface area contributed by atoms with Crippen LogP contribution in [0, 0.1) is 5.41 Å². The van der Waals surface area contributed by atoms with E-state index in [1.807, 2.05) is 56.0 Å². The van der Waals surface area contributed by atoms with E-state index in [1.54, 1.807) is 0 Å². The maximum Gasteiger partial charge on any atom is 0.218 e. The lowest BCUT2D eigenvalue weighted by molar-refractivity contribution is -0.127. The maximum atomic E-state index is 12.5. The van der Waals surface area contributed by atoms with Crippen molar-refractivity contribution in [3.05, 3.63) is 35.9 Å². The average molecular weight is 338 g/mol. The lowest BCUT2D eigenvalue weighted by atomic mass is 9.90. The molecule has 0 aliphatic carbocycles. The van der Waals surface area contributed by atoms with Gasteiger partial charge in [-0.25, -0.2) is 8.42 Å². The molecule has 0 atom stereocenters. The van der Waals surface area contributed by atoms with Gasteiger partial charge in [-0.1, -0.05) is 51.1 Å². The molecule has 0 amide bonds. The van der Waals surface area contributed by atoms with Crippen molar-refractivity contribution in [2.75, 3.05) is 32.7 Å². The molecule has 1 aromatic rings. The number of rotatable bonds is 5. The van der Waals surface area contributed by atoms with Crippen molar-refractivity contribution in [2.24, 2.45) is 5.41 Å². The molecule has 0 spiro atoms. The predicted molar refractivity (Wildman–Crippen MR) is 91.5 cm³/mol. The average Bonchev–Trinajstić information content (AvgIpc) is 2.47. The Hall–Kier alpha value is -1.24. The molecule has 1 saturated heterocycles. The van der Waals surface area contributed by atoms with Gasteiger partial charge in [0.2, 0.25) is 10.0 Å². The Kier molecular flexibility index (Phi) is 5.60. The van der Waals surface area contributed by atoms with E-state index in [4.69, 9.17) is 0 Å². The molecule has 1 aliphatic rings. The van der Waals surface area contributed by atoms with E-state index in [0.29, 0.717) is 32.7 Å². The molecule has 0 radical (unpaired) electrons. The number of carbonyl (C=O) groups excluding carboxylic acids is 1. The molecule has 1 aliphatic heterocycles. The Morgan fingerprint density at radius 2 is 1.61 bits per heavy atom. The van der Waals surface area contributed by atoms with Crippen LogP contribution in [0.3, 0.4) is 0 Å². The first kappa shape index (κ1) is 18.1. The van der Waals surface area contributed by atoms with E-state index in [9.17, 15) is 13.2 Å². The molecule has 1 heterocycles. The molecule has 0 N–H and O–H groups in total. The van der Waals surface area contributed by atoms with E-state index in [0.717, 1.165) is 5.56 Å². The summed E-state index contributed by atoms with van der Waals surface area (Å²) in [5, 5.41) is 0. The van der Waals surface area contributed by atoms with Crippen LogP contribution in [0.15, 0.2) is 30.3 Å². The van der Waals surface area contributed by atoms with E-state index in [2.05, 4.69) is 0 Å². The number of carbonyl (C=O) groups is 1. The minimum atomic E-state index is -3.29. The van der Waals surface area contributed by atoms with Crippen molar-refractivity contribution in [2.45, 2.75) is 26.5 Å². The van der Waals surface area contributed by atoms with Crippen molar-refractivity contribution in [3.63, 3.8) is 0 Å². The van der Waals surface area contributed by atoms with Gasteiger partial charge in [-0.05, 0) is 5.56 Å². The normalized spacial score (nSPS) is 18.0. The fraction of sp³-hybridized carbons (Fsp3) is 0.588. The minimum Gasteiger partial charge on any atom is -0.298 e. The van der Waals surface area contributed by atoms with E-state index < -0.39 is 10.0 Å². The highest BCUT2D eigenvalue weighted by Crippen LogP contribution is 2.17. The van der Waals surface area contributed by atoms with Crippen LogP contribution in [0.2, 0.25) is 0 Å². The van der Waals surface area contributed by atoms with Gasteiger partial charge < -0.3 is 0 Å². The summed E-state index contributed by atoms with van der Waals surface area (Å²) in [4.78, 5) is 14.1. The van der Waals surface area contributed by atoms with Gasteiger partial charge in [0, 0.05) is 31.6 Å². The molecule has 5 nitrogen and oxygen atoms in total. The third kappa shape index (κ3) is 5.12. The van der Waals surface area contributed by atoms with Crippen molar-refractivity contribution < 1.29 is 13.2 Å². The van der Waals surface area contributed by atoms with E-state index in [1.165, 1.54) is 4.31 Å². The summed E-state index contributed by atoms with van der Waals surface area (Å²) in [5.74, 6) is 0.229. The molecule has 1 aromatic carbocycles. The number of hydrogen-bond acceptors (Lipinski definition) is 4. The third-order valence-electron chi connectivity index (χ3n) is 4.12. The second kappa shape index (κ2) is 7.11. The fourth-order valence-corrected chi connectivity index (χ4v) is 4.00. The van der Waals surface area contributed by atoms with Gasteiger partial charge >= 0.3 is 0 Å². The minimum absolute atomic E-state index is 0.0365. The van der Waals surface area contributed by atoms with Gasteiger partial charge in [0.1, 0.15) is 0 Å². The number of sulfonamides is 1. The molecule has 6 heteroatoms. The predicted octanol–water partition coefficient (Wildman–Crippen LogP) is 1.75.